The van der Waals surface area contributed by atoms with Gasteiger partial charge >= 0.3 is 21.7 Å². The fourth-order valence-electron chi connectivity index (χ4n) is 1.33. The fraction of sp³-hybridized carbons (Fsp3) is 0.615. The van der Waals surface area contributed by atoms with Gasteiger partial charge in [-0.3, -0.25) is 0 Å². The van der Waals surface area contributed by atoms with Gasteiger partial charge in [-0.2, -0.15) is 18.2 Å². The maximum Gasteiger partial charge on any atom is 4.00 e. The maximum absolute atomic E-state index is 4.54. The Morgan fingerprint density at radius 2 is 1.06 bits per heavy atom. The minimum absolute atomic E-state index is 0. The molecule has 0 aliphatic carbocycles. The molecule has 0 N–H and O–H groups in total. The van der Waals surface area contributed by atoms with E-state index in [2.05, 4.69) is 46.9 Å². The van der Waals surface area contributed by atoms with Gasteiger partial charge < -0.3 is 30.1 Å². The summed E-state index contributed by atoms with van der Waals surface area (Å²) in [6.07, 6.45) is 0. The van der Waals surface area contributed by atoms with E-state index in [-0.39, 0.29) is 57.6 Å². The summed E-state index contributed by atoms with van der Waals surface area (Å²) in [5, 5.41) is 4.54. The SMILES string of the molecule is CC(C)(C)[N-]C(C)(C)C.[Cl-].[Cl-].[Ti+4].c1cc[cH-]c1. The van der Waals surface area contributed by atoms with Crippen LogP contribution >= 0.6 is 0 Å². The maximum atomic E-state index is 4.54. The summed E-state index contributed by atoms with van der Waals surface area (Å²) in [6.45, 7) is 12.7. The van der Waals surface area contributed by atoms with Crippen molar-refractivity contribution in [3.8, 4) is 0 Å². The second kappa shape index (κ2) is 11.7. The molecule has 0 fully saturated rings. The van der Waals surface area contributed by atoms with E-state index >= 15 is 0 Å². The summed E-state index contributed by atoms with van der Waals surface area (Å²) in [4.78, 5) is 0. The summed E-state index contributed by atoms with van der Waals surface area (Å²) < 4.78 is 0. The average molecular weight is 312 g/mol. The molecule has 0 aromatic heterocycles. The van der Waals surface area contributed by atoms with Crippen molar-refractivity contribution in [2.45, 2.75) is 52.6 Å². The number of nitrogens with zero attached hydrogens (tertiary/aromatic N) is 1. The summed E-state index contributed by atoms with van der Waals surface area (Å²) in [5.41, 5.74) is 0.219. The molecule has 0 unspecified atom stereocenters. The Labute approximate surface area is 134 Å². The Morgan fingerprint density at radius 1 is 0.765 bits per heavy atom. The topological polar surface area (TPSA) is 14.1 Å². The van der Waals surface area contributed by atoms with E-state index in [1.807, 2.05) is 30.3 Å². The van der Waals surface area contributed by atoms with Crippen LogP contribution in [0.15, 0.2) is 30.3 Å². The van der Waals surface area contributed by atoms with Crippen LogP contribution in [0.25, 0.3) is 5.32 Å². The normalized spacial score (nSPS) is 9.76. The molecule has 1 aromatic rings. The molecule has 0 bridgehead atoms. The molecule has 0 atom stereocenters. The quantitative estimate of drug-likeness (QED) is 0.403. The summed E-state index contributed by atoms with van der Waals surface area (Å²) in [6, 6.07) is 10.0. The number of halogens is 2. The molecular weight excluding hydrogens is 289 g/mol. The molecule has 0 heterocycles. The summed E-state index contributed by atoms with van der Waals surface area (Å²) in [7, 11) is 0. The van der Waals surface area contributed by atoms with Gasteiger partial charge in [0.15, 0.2) is 0 Å². The zero-order valence-corrected chi connectivity index (χ0v) is 14.7. The van der Waals surface area contributed by atoms with E-state index in [4.69, 9.17) is 0 Å². The van der Waals surface area contributed by atoms with Gasteiger partial charge in [-0.05, 0) is 0 Å². The van der Waals surface area contributed by atoms with E-state index in [0.717, 1.165) is 0 Å². The van der Waals surface area contributed by atoms with Crippen molar-refractivity contribution in [2.24, 2.45) is 0 Å². The number of rotatable bonds is 0. The Bertz CT molecular complexity index is 193. The van der Waals surface area contributed by atoms with E-state index in [1.165, 1.54) is 0 Å². The third-order valence-electron chi connectivity index (χ3n) is 1.23. The first kappa shape index (κ1) is 26.2. The standard InChI is InChI=1S/C8H18N.C5H5.2ClH.Ti/c1-7(2,3)9-8(4,5)6;1-2-4-5-3-1;;;/h1-6H3;1-5H;2*1H;/q2*-1;;;+4/p-2. The van der Waals surface area contributed by atoms with Gasteiger partial charge in [-0.1, -0.05) is 41.5 Å². The molecule has 17 heavy (non-hydrogen) atoms. The van der Waals surface area contributed by atoms with Crippen LogP contribution in [-0.2, 0) is 21.7 Å². The number of hydrogen-bond donors (Lipinski definition) is 0. The van der Waals surface area contributed by atoms with Gasteiger partial charge in [-0.15, -0.1) is 11.1 Å². The molecule has 98 valence electrons. The van der Waals surface area contributed by atoms with Crippen LogP contribution in [0.1, 0.15) is 41.5 Å². The third kappa shape index (κ3) is 26.3. The predicted octanol–water partition coefficient (Wildman–Crippen LogP) is -1.63. The molecule has 0 amide bonds. The van der Waals surface area contributed by atoms with Gasteiger partial charge in [0.25, 0.3) is 0 Å². The predicted molar refractivity (Wildman–Crippen MR) is 64.9 cm³/mol. The van der Waals surface area contributed by atoms with Gasteiger partial charge in [0.05, 0.1) is 0 Å². The average Bonchev–Trinajstić information content (AvgIpc) is 2.29. The van der Waals surface area contributed by atoms with E-state index in [9.17, 15) is 0 Å². The molecule has 1 rings (SSSR count). The molecule has 0 spiro atoms. The molecule has 0 aliphatic heterocycles. The fourth-order valence-corrected chi connectivity index (χ4v) is 1.33. The molecule has 0 saturated carbocycles. The monoisotopic (exact) mass is 311 g/mol. The zero-order valence-electron chi connectivity index (χ0n) is 11.6. The van der Waals surface area contributed by atoms with Crippen LogP contribution in [0, 0.1) is 0 Å². The molecule has 0 saturated heterocycles. The Balaban J connectivity index is -0.0000000921. The van der Waals surface area contributed by atoms with Crippen LogP contribution in [0.3, 0.4) is 0 Å². The largest absolute Gasteiger partial charge is 4.00 e. The Morgan fingerprint density at radius 3 is 1.12 bits per heavy atom. The second-order valence-corrected chi connectivity index (χ2v) is 5.42. The Kier molecular flexibility index (Phi) is 18.0. The molecule has 0 radical (unpaired) electrons. The first-order valence-corrected chi connectivity index (χ1v) is 5.11. The van der Waals surface area contributed by atoms with Crippen molar-refractivity contribution in [1.82, 2.24) is 0 Å². The zero-order chi connectivity index (χ0) is 11.2. The van der Waals surface area contributed by atoms with Crippen molar-refractivity contribution in [2.75, 3.05) is 0 Å². The van der Waals surface area contributed by atoms with Crippen molar-refractivity contribution in [1.29, 1.82) is 0 Å². The van der Waals surface area contributed by atoms with Crippen molar-refractivity contribution < 1.29 is 46.5 Å². The molecule has 1 nitrogen and oxygen atoms in total. The van der Waals surface area contributed by atoms with Crippen LogP contribution in [-0.4, -0.2) is 11.1 Å². The smallest absolute Gasteiger partial charge is 1.00 e. The molecule has 0 aliphatic rings. The minimum atomic E-state index is 0. The van der Waals surface area contributed by atoms with Crippen LogP contribution < -0.4 is 24.8 Å². The summed E-state index contributed by atoms with van der Waals surface area (Å²) >= 11 is 0. The van der Waals surface area contributed by atoms with Gasteiger partial charge in [0, 0.05) is 0 Å². The molecular formula is C13H23Cl2NTi. The number of hydrogen-bond acceptors (Lipinski definition) is 0. The second-order valence-electron chi connectivity index (χ2n) is 5.42. The van der Waals surface area contributed by atoms with Gasteiger partial charge in [0.2, 0.25) is 0 Å². The Hall–Kier alpha value is 0.604. The van der Waals surface area contributed by atoms with Crippen LogP contribution in [0.5, 0.6) is 0 Å². The first-order valence-electron chi connectivity index (χ1n) is 5.11. The summed E-state index contributed by atoms with van der Waals surface area (Å²) in [5.74, 6) is 0. The van der Waals surface area contributed by atoms with Crippen molar-refractivity contribution in [3.63, 3.8) is 0 Å². The van der Waals surface area contributed by atoms with E-state index < -0.39 is 0 Å². The van der Waals surface area contributed by atoms with Gasteiger partial charge in [-0.25, -0.2) is 12.1 Å². The van der Waals surface area contributed by atoms with E-state index in [1.54, 1.807) is 0 Å². The molecule has 1 aromatic carbocycles. The van der Waals surface area contributed by atoms with Crippen molar-refractivity contribution in [3.05, 3.63) is 35.6 Å². The van der Waals surface area contributed by atoms with Gasteiger partial charge in [0.1, 0.15) is 0 Å². The first-order chi connectivity index (χ1) is 6.21. The van der Waals surface area contributed by atoms with Crippen LogP contribution in [0.2, 0.25) is 0 Å². The molecule has 4 heteroatoms. The van der Waals surface area contributed by atoms with Crippen molar-refractivity contribution >= 4 is 0 Å². The van der Waals surface area contributed by atoms with Crippen LogP contribution in [0.4, 0.5) is 0 Å². The van der Waals surface area contributed by atoms with E-state index in [0.29, 0.717) is 0 Å². The minimum Gasteiger partial charge on any atom is -1.00 e. The third-order valence-corrected chi connectivity index (χ3v) is 1.23.